The van der Waals surface area contributed by atoms with E-state index < -0.39 is 17.0 Å². The number of methoxy groups -OCH3 is 1. The summed E-state index contributed by atoms with van der Waals surface area (Å²) in [6.07, 6.45) is 3.84. The third-order valence-electron chi connectivity index (χ3n) is 5.40. The summed E-state index contributed by atoms with van der Waals surface area (Å²) < 4.78 is 33.8. The van der Waals surface area contributed by atoms with Crippen molar-refractivity contribution >= 4 is 18.3 Å². The molecule has 2 N–H and O–H groups in total. The quantitative estimate of drug-likeness (QED) is 0.833. The van der Waals surface area contributed by atoms with Crippen LogP contribution in [0.5, 0.6) is 0 Å². The highest BCUT2D eigenvalue weighted by atomic mass is 35.5. The molecule has 7 heteroatoms. The summed E-state index contributed by atoms with van der Waals surface area (Å²) in [6.45, 7) is 0.904. The number of hydrogen-bond donors (Lipinski definition) is 2. The molecule has 3 rings (SSSR count). The Hall–Kier alpha value is -1.24. The van der Waals surface area contributed by atoms with E-state index in [-0.39, 0.29) is 42.6 Å². The molecule has 1 aromatic carbocycles. The van der Waals surface area contributed by atoms with Gasteiger partial charge in [-0.2, -0.15) is 0 Å². The third-order valence-corrected chi connectivity index (χ3v) is 5.40. The Morgan fingerprint density at radius 2 is 1.96 bits per heavy atom. The van der Waals surface area contributed by atoms with Gasteiger partial charge in [-0.3, -0.25) is 4.79 Å². The minimum absolute atomic E-state index is 0. The lowest BCUT2D eigenvalue weighted by molar-refractivity contribution is -0.123. The van der Waals surface area contributed by atoms with Crippen LogP contribution in [0.1, 0.15) is 37.7 Å². The number of amides is 1. The molecule has 25 heavy (non-hydrogen) atoms. The monoisotopic (exact) mass is 374 g/mol. The van der Waals surface area contributed by atoms with Crippen molar-refractivity contribution in [1.29, 1.82) is 0 Å². The standard InChI is InChI=1S/C18H24F2N2O2.ClH/c1-24-12-9-15(21-10-12)17(23)22-11-18(7-2-3-8-18)16-13(19)5-4-6-14(16)20;/h4-6,12,15,21H,2-3,7-11H2,1H3,(H,22,23);1H/t12-,15+;/m0./s1. The van der Waals surface area contributed by atoms with Crippen LogP contribution in [0, 0.1) is 11.6 Å². The smallest absolute Gasteiger partial charge is 0.237 e. The van der Waals surface area contributed by atoms with Crippen molar-refractivity contribution in [3.8, 4) is 0 Å². The molecular formula is C18H25ClF2N2O2. The normalized spacial score (nSPS) is 24.8. The number of nitrogens with one attached hydrogen (secondary N) is 2. The summed E-state index contributed by atoms with van der Waals surface area (Å²) in [4.78, 5) is 12.4. The molecule has 1 aromatic rings. The third kappa shape index (κ3) is 4.13. The minimum atomic E-state index is -0.648. The minimum Gasteiger partial charge on any atom is -0.380 e. The van der Waals surface area contributed by atoms with Crippen LogP contribution in [-0.2, 0) is 14.9 Å². The van der Waals surface area contributed by atoms with Crippen molar-refractivity contribution in [2.45, 2.75) is 49.7 Å². The zero-order valence-corrected chi connectivity index (χ0v) is 15.1. The first kappa shape index (κ1) is 20.1. The Labute approximate surface area is 153 Å². The number of benzene rings is 1. The van der Waals surface area contributed by atoms with Gasteiger partial charge in [0.05, 0.1) is 12.1 Å². The van der Waals surface area contributed by atoms with Crippen LogP contribution in [0.25, 0.3) is 0 Å². The number of carbonyl (C=O) groups excluding carboxylic acids is 1. The molecule has 0 unspecified atom stereocenters. The van der Waals surface area contributed by atoms with Gasteiger partial charge in [0.1, 0.15) is 11.6 Å². The maximum atomic E-state index is 14.3. The predicted molar refractivity (Wildman–Crippen MR) is 94.0 cm³/mol. The molecule has 0 aromatic heterocycles. The number of halogens is 3. The summed E-state index contributed by atoms with van der Waals surface area (Å²) in [5, 5.41) is 6.04. The second kappa shape index (κ2) is 8.43. The summed E-state index contributed by atoms with van der Waals surface area (Å²) in [7, 11) is 1.63. The first-order valence-electron chi connectivity index (χ1n) is 8.54. The van der Waals surface area contributed by atoms with E-state index in [0.717, 1.165) is 12.8 Å². The van der Waals surface area contributed by atoms with Gasteiger partial charge in [-0.1, -0.05) is 18.9 Å². The van der Waals surface area contributed by atoms with Crippen LogP contribution in [0.4, 0.5) is 8.78 Å². The average molecular weight is 375 g/mol. The van der Waals surface area contributed by atoms with Crippen LogP contribution in [0.15, 0.2) is 18.2 Å². The van der Waals surface area contributed by atoms with Gasteiger partial charge in [0, 0.05) is 31.2 Å². The molecule has 2 atom stereocenters. The molecule has 1 aliphatic carbocycles. The summed E-state index contributed by atoms with van der Waals surface area (Å²) in [5.41, 5.74) is -0.526. The molecule has 0 spiro atoms. The molecule has 1 heterocycles. The fraction of sp³-hybridized carbons (Fsp3) is 0.611. The van der Waals surface area contributed by atoms with Gasteiger partial charge >= 0.3 is 0 Å². The van der Waals surface area contributed by atoms with Crippen molar-refractivity contribution in [2.24, 2.45) is 0 Å². The Morgan fingerprint density at radius 3 is 2.52 bits per heavy atom. The summed E-state index contributed by atoms with van der Waals surface area (Å²) in [5.74, 6) is -1.17. The molecule has 1 amide bonds. The average Bonchev–Trinajstić information content (AvgIpc) is 3.22. The zero-order chi connectivity index (χ0) is 17.2. The van der Waals surface area contributed by atoms with Crippen LogP contribution in [-0.4, -0.2) is 38.3 Å². The van der Waals surface area contributed by atoms with Gasteiger partial charge in [0.25, 0.3) is 0 Å². The molecule has 2 fully saturated rings. The van der Waals surface area contributed by atoms with Gasteiger partial charge < -0.3 is 15.4 Å². The number of rotatable bonds is 5. The second-order valence-electron chi connectivity index (χ2n) is 6.86. The highest BCUT2D eigenvalue weighted by Crippen LogP contribution is 2.42. The Bertz CT molecular complexity index is 588. The van der Waals surface area contributed by atoms with Crippen molar-refractivity contribution in [2.75, 3.05) is 20.2 Å². The summed E-state index contributed by atoms with van der Waals surface area (Å²) >= 11 is 0. The Balaban J connectivity index is 0.00000225. The highest BCUT2D eigenvalue weighted by Gasteiger charge is 2.41. The molecule has 4 nitrogen and oxygen atoms in total. The van der Waals surface area contributed by atoms with E-state index in [1.807, 2.05) is 0 Å². The molecule has 0 radical (unpaired) electrons. The molecule has 1 saturated heterocycles. The van der Waals surface area contributed by atoms with E-state index in [9.17, 15) is 13.6 Å². The SMILES string of the molecule is CO[C@@H]1CN[C@@H](C(=O)NCC2(c3c(F)cccc3F)CCCC2)C1.Cl. The first-order chi connectivity index (χ1) is 11.6. The molecule has 2 aliphatic rings. The van der Waals surface area contributed by atoms with Crippen LogP contribution in [0.3, 0.4) is 0 Å². The van der Waals surface area contributed by atoms with E-state index >= 15 is 0 Å². The second-order valence-corrected chi connectivity index (χ2v) is 6.86. The number of hydrogen-bond acceptors (Lipinski definition) is 3. The topological polar surface area (TPSA) is 50.4 Å². The molecular weight excluding hydrogens is 350 g/mol. The molecule has 1 saturated carbocycles. The van der Waals surface area contributed by atoms with E-state index in [1.165, 1.54) is 18.2 Å². The van der Waals surface area contributed by atoms with Gasteiger partial charge in [-0.05, 0) is 31.4 Å². The molecule has 0 bridgehead atoms. The number of ether oxygens (including phenoxy) is 1. The lowest BCUT2D eigenvalue weighted by atomic mass is 9.78. The van der Waals surface area contributed by atoms with Crippen molar-refractivity contribution in [1.82, 2.24) is 10.6 Å². The lowest BCUT2D eigenvalue weighted by Crippen LogP contribution is -2.46. The largest absolute Gasteiger partial charge is 0.380 e. The maximum Gasteiger partial charge on any atom is 0.237 e. The number of carbonyl (C=O) groups is 1. The Kier molecular flexibility index (Phi) is 6.77. The summed E-state index contributed by atoms with van der Waals surface area (Å²) in [6, 6.07) is 3.66. The van der Waals surface area contributed by atoms with Gasteiger partial charge in [0.15, 0.2) is 0 Å². The van der Waals surface area contributed by atoms with E-state index in [0.29, 0.717) is 25.8 Å². The van der Waals surface area contributed by atoms with Crippen LogP contribution < -0.4 is 10.6 Å². The van der Waals surface area contributed by atoms with E-state index in [4.69, 9.17) is 4.74 Å². The van der Waals surface area contributed by atoms with Gasteiger partial charge in [0.2, 0.25) is 5.91 Å². The van der Waals surface area contributed by atoms with E-state index in [1.54, 1.807) is 7.11 Å². The van der Waals surface area contributed by atoms with Crippen molar-refractivity contribution in [3.05, 3.63) is 35.4 Å². The Morgan fingerprint density at radius 1 is 1.32 bits per heavy atom. The molecule has 1 aliphatic heterocycles. The van der Waals surface area contributed by atoms with Crippen molar-refractivity contribution < 1.29 is 18.3 Å². The van der Waals surface area contributed by atoms with E-state index in [2.05, 4.69) is 10.6 Å². The first-order valence-corrected chi connectivity index (χ1v) is 8.54. The van der Waals surface area contributed by atoms with Crippen LogP contribution in [0.2, 0.25) is 0 Å². The van der Waals surface area contributed by atoms with Gasteiger partial charge in [-0.15, -0.1) is 12.4 Å². The van der Waals surface area contributed by atoms with Gasteiger partial charge in [-0.25, -0.2) is 8.78 Å². The highest BCUT2D eigenvalue weighted by molar-refractivity contribution is 5.85. The van der Waals surface area contributed by atoms with Crippen LogP contribution >= 0.6 is 12.4 Å². The fourth-order valence-electron chi connectivity index (χ4n) is 4.03. The molecule has 140 valence electrons. The fourth-order valence-corrected chi connectivity index (χ4v) is 4.03. The zero-order valence-electron chi connectivity index (χ0n) is 14.3. The van der Waals surface area contributed by atoms with Crippen molar-refractivity contribution in [3.63, 3.8) is 0 Å². The predicted octanol–water partition coefficient (Wildman–Crippen LogP) is 2.69. The maximum absolute atomic E-state index is 14.3. The lowest BCUT2D eigenvalue weighted by Gasteiger charge is -2.31.